The van der Waals surface area contributed by atoms with E-state index < -0.39 is 0 Å². The number of nitrogens with zero attached hydrogens (tertiary/aromatic N) is 1. The average Bonchev–Trinajstić information content (AvgIpc) is 3.04. The van der Waals surface area contributed by atoms with E-state index in [9.17, 15) is 4.79 Å². The summed E-state index contributed by atoms with van der Waals surface area (Å²) in [5.74, 6) is 1.66. The van der Waals surface area contributed by atoms with Gasteiger partial charge >= 0.3 is 0 Å². The number of hydrogen-bond donors (Lipinski definition) is 0. The van der Waals surface area contributed by atoms with Crippen molar-refractivity contribution in [2.45, 2.75) is 32.1 Å². The maximum Gasteiger partial charge on any atom is 0.255 e. The van der Waals surface area contributed by atoms with Crippen LogP contribution in [0.25, 0.3) is 0 Å². The van der Waals surface area contributed by atoms with Crippen LogP contribution in [0, 0.1) is 6.92 Å². The van der Waals surface area contributed by atoms with Crippen molar-refractivity contribution in [2.24, 2.45) is 0 Å². The fourth-order valence-electron chi connectivity index (χ4n) is 2.86. The number of carbonyl (C=O) groups excluding carboxylic acids is 1. The molecule has 0 aliphatic carbocycles. The van der Waals surface area contributed by atoms with Crippen LogP contribution in [0.1, 0.15) is 52.2 Å². The Morgan fingerprint density at radius 1 is 1.09 bits per heavy atom. The van der Waals surface area contributed by atoms with E-state index in [2.05, 4.69) is 38.1 Å². The van der Waals surface area contributed by atoms with E-state index in [1.165, 1.54) is 16.7 Å². The van der Waals surface area contributed by atoms with Crippen molar-refractivity contribution < 1.29 is 4.79 Å². The Balaban J connectivity index is 1.82. The van der Waals surface area contributed by atoms with Crippen LogP contribution in [-0.2, 0) is 0 Å². The monoisotopic (exact) mass is 325 g/mol. The fraction of sp³-hybridized carbons (Fsp3) is 0.350. The van der Waals surface area contributed by atoms with Gasteiger partial charge in [0.2, 0.25) is 0 Å². The molecule has 1 saturated heterocycles. The van der Waals surface area contributed by atoms with Crippen molar-refractivity contribution in [3.05, 3.63) is 70.8 Å². The van der Waals surface area contributed by atoms with Gasteiger partial charge in [0.05, 0.1) is 0 Å². The smallest absolute Gasteiger partial charge is 0.255 e. The summed E-state index contributed by atoms with van der Waals surface area (Å²) >= 11 is 1.85. The number of carbonyl (C=O) groups is 1. The molecule has 23 heavy (non-hydrogen) atoms. The molecule has 3 rings (SSSR count). The molecule has 0 bridgehead atoms. The summed E-state index contributed by atoms with van der Waals surface area (Å²) in [5, 5.41) is 0.130. The summed E-state index contributed by atoms with van der Waals surface area (Å²) in [7, 11) is 0. The number of thioether (sulfide) groups is 1. The van der Waals surface area contributed by atoms with E-state index in [-0.39, 0.29) is 11.3 Å². The minimum atomic E-state index is 0.130. The Labute approximate surface area is 142 Å². The number of hydrogen-bond acceptors (Lipinski definition) is 2. The molecular weight excluding hydrogens is 302 g/mol. The molecule has 0 N–H and O–H groups in total. The summed E-state index contributed by atoms with van der Waals surface area (Å²) < 4.78 is 0. The van der Waals surface area contributed by atoms with Crippen LogP contribution in [-0.4, -0.2) is 23.1 Å². The highest BCUT2D eigenvalue weighted by atomic mass is 32.2. The third kappa shape index (κ3) is 3.45. The molecule has 3 heteroatoms. The van der Waals surface area contributed by atoms with Crippen LogP contribution in [0.3, 0.4) is 0 Å². The lowest BCUT2D eigenvalue weighted by Gasteiger charge is -2.24. The Morgan fingerprint density at radius 2 is 1.74 bits per heavy atom. The molecule has 2 nitrogen and oxygen atoms in total. The van der Waals surface area contributed by atoms with Gasteiger partial charge in [-0.1, -0.05) is 55.8 Å². The predicted octanol–water partition coefficient (Wildman–Crippen LogP) is 5.01. The fourth-order valence-corrected chi connectivity index (χ4v) is 4.12. The number of rotatable bonds is 3. The van der Waals surface area contributed by atoms with Gasteiger partial charge in [0.25, 0.3) is 5.91 Å². The number of aryl methyl sites for hydroxylation is 1. The minimum Gasteiger partial charge on any atom is -0.322 e. The first-order valence-electron chi connectivity index (χ1n) is 8.15. The second kappa shape index (κ2) is 6.79. The maximum absolute atomic E-state index is 12.8. The second-order valence-electron chi connectivity index (χ2n) is 6.41. The van der Waals surface area contributed by atoms with Crippen molar-refractivity contribution >= 4 is 17.7 Å². The van der Waals surface area contributed by atoms with E-state index in [4.69, 9.17) is 0 Å². The highest BCUT2D eigenvalue weighted by Crippen LogP contribution is 2.39. The standard InChI is InChI=1S/C20H23NOS/c1-14(2)16-8-10-18(11-9-16)20-21(12-13-23-20)19(22)17-6-4-15(3)5-7-17/h4-11,14,20H,12-13H2,1-3H3. The van der Waals surface area contributed by atoms with Gasteiger partial charge in [-0.3, -0.25) is 4.79 Å². The highest BCUT2D eigenvalue weighted by molar-refractivity contribution is 7.99. The first kappa shape index (κ1) is 16.1. The van der Waals surface area contributed by atoms with Gasteiger partial charge in [-0.05, 0) is 36.1 Å². The van der Waals surface area contributed by atoms with Crippen LogP contribution in [0.5, 0.6) is 0 Å². The topological polar surface area (TPSA) is 20.3 Å². The summed E-state index contributed by atoms with van der Waals surface area (Å²) in [6, 6.07) is 16.6. The van der Waals surface area contributed by atoms with Crippen molar-refractivity contribution in [1.82, 2.24) is 4.90 Å². The SMILES string of the molecule is Cc1ccc(C(=O)N2CCSC2c2ccc(C(C)C)cc2)cc1. The molecule has 0 radical (unpaired) electrons. The molecule has 1 unspecified atom stereocenters. The lowest BCUT2D eigenvalue weighted by Crippen LogP contribution is -2.30. The van der Waals surface area contributed by atoms with E-state index in [0.717, 1.165) is 17.9 Å². The van der Waals surface area contributed by atoms with Gasteiger partial charge in [0, 0.05) is 17.9 Å². The molecule has 120 valence electrons. The van der Waals surface area contributed by atoms with Gasteiger partial charge in [-0.15, -0.1) is 11.8 Å². The van der Waals surface area contributed by atoms with Crippen molar-refractivity contribution in [2.75, 3.05) is 12.3 Å². The summed E-state index contributed by atoms with van der Waals surface area (Å²) in [5.41, 5.74) is 4.52. The molecule has 2 aromatic carbocycles. The first-order valence-corrected chi connectivity index (χ1v) is 9.20. The third-order valence-electron chi connectivity index (χ3n) is 4.34. The van der Waals surface area contributed by atoms with E-state index in [1.807, 2.05) is 47.9 Å². The molecular formula is C20H23NOS. The lowest BCUT2D eigenvalue weighted by molar-refractivity contribution is 0.0760. The molecule has 0 saturated carbocycles. The normalized spacial score (nSPS) is 17.7. The van der Waals surface area contributed by atoms with Crippen LogP contribution < -0.4 is 0 Å². The third-order valence-corrected chi connectivity index (χ3v) is 5.60. The Bertz CT molecular complexity index is 676. The molecule has 1 atom stereocenters. The highest BCUT2D eigenvalue weighted by Gasteiger charge is 2.31. The molecule has 1 aliphatic heterocycles. The second-order valence-corrected chi connectivity index (χ2v) is 7.60. The molecule has 1 aliphatic rings. The van der Waals surface area contributed by atoms with Gasteiger partial charge < -0.3 is 4.90 Å². The molecule has 1 fully saturated rings. The van der Waals surface area contributed by atoms with Crippen molar-refractivity contribution in [3.63, 3.8) is 0 Å². The zero-order chi connectivity index (χ0) is 16.4. The van der Waals surface area contributed by atoms with Gasteiger partial charge in [-0.25, -0.2) is 0 Å². The molecule has 0 aromatic heterocycles. The Hall–Kier alpha value is -1.74. The molecule has 2 aromatic rings. The number of amides is 1. The predicted molar refractivity (Wildman–Crippen MR) is 97.9 cm³/mol. The zero-order valence-electron chi connectivity index (χ0n) is 14.0. The summed E-state index contributed by atoms with van der Waals surface area (Å²) in [4.78, 5) is 14.8. The van der Waals surface area contributed by atoms with Crippen LogP contribution in [0.15, 0.2) is 48.5 Å². The van der Waals surface area contributed by atoms with Crippen molar-refractivity contribution in [3.8, 4) is 0 Å². The van der Waals surface area contributed by atoms with E-state index in [1.54, 1.807) is 0 Å². The molecule has 0 spiro atoms. The van der Waals surface area contributed by atoms with E-state index in [0.29, 0.717) is 5.92 Å². The summed E-state index contributed by atoms with van der Waals surface area (Å²) in [6.45, 7) is 7.26. The lowest BCUT2D eigenvalue weighted by atomic mass is 10.0. The molecule has 1 amide bonds. The average molecular weight is 325 g/mol. The quantitative estimate of drug-likeness (QED) is 0.791. The zero-order valence-corrected chi connectivity index (χ0v) is 14.8. The Kier molecular flexibility index (Phi) is 4.76. The van der Waals surface area contributed by atoms with E-state index >= 15 is 0 Å². The van der Waals surface area contributed by atoms with Crippen LogP contribution in [0.4, 0.5) is 0 Å². The van der Waals surface area contributed by atoms with Crippen LogP contribution in [0.2, 0.25) is 0 Å². The Morgan fingerprint density at radius 3 is 2.35 bits per heavy atom. The van der Waals surface area contributed by atoms with Gasteiger partial charge in [-0.2, -0.15) is 0 Å². The largest absolute Gasteiger partial charge is 0.322 e. The first-order chi connectivity index (χ1) is 11.1. The van der Waals surface area contributed by atoms with Crippen LogP contribution >= 0.6 is 11.8 Å². The molecule has 1 heterocycles. The minimum absolute atomic E-state index is 0.130. The van der Waals surface area contributed by atoms with Crippen molar-refractivity contribution in [1.29, 1.82) is 0 Å². The number of benzene rings is 2. The maximum atomic E-state index is 12.8. The van der Waals surface area contributed by atoms with Gasteiger partial charge in [0.1, 0.15) is 5.37 Å². The van der Waals surface area contributed by atoms with Gasteiger partial charge in [0.15, 0.2) is 0 Å². The summed E-state index contributed by atoms with van der Waals surface area (Å²) in [6.07, 6.45) is 0.